The van der Waals surface area contributed by atoms with E-state index in [1.807, 2.05) is 18.2 Å². The van der Waals surface area contributed by atoms with Gasteiger partial charge in [-0.25, -0.2) is 9.48 Å². The predicted octanol–water partition coefficient (Wildman–Crippen LogP) is 2.35. The van der Waals surface area contributed by atoms with E-state index >= 15 is 0 Å². The average molecular weight is 303 g/mol. The summed E-state index contributed by atoms with van der Waals surface area (Å²) in [4.78, 5) is 15.7. The number of hydrogen-bond acceptors (Lipinski definition) is 3. The third-order valence-corrected chi connectivity index (χ3v) is 4.11. The highest BCUT2D eigenvalue weighted by Crippen LogP contribution is 2.28. The number of benzene rings is 1. The lowest BCUT2D eigenvalue weighted by Crippen LogP contribution is -2.18. The topological polar surface area (TPSA) is 68.0 Å². The number of nitrogens with zero attached hydrogens (tertiary/aromatic N) is 3. The van der Waals surface area contributed by atoms with E-state index < -0.39 is 5.97 Å². The summed E-state index contributed by atoms with van der Waals surface area (Å²) in [5, 5.41) is 14.1. The van der Waals surface area contributed by atoms with Crippen LogP contribution in [0.15, 0.2) is 55.0 Å². The van der Waals surface area contributed by atoms with Gasteiger partial charge in [0.2, 0.25) is 0 Å². The van der Waals surface area contributed by atoms with Gasteiger partial charge in [-0.05, 0) is 17.7 Å². The van der Waals surface area contributed by atoms with Crippen molar-refractivity contribution in [3.63, 3.8) is 0 Å². The van der Waals surface area contributed by atoms with Crippen LogP contribution in [0.1, 0.15) is 10.4 Å². The number of pyridine rings is 1. The zero-order valence-electron chi connectivity index (χ0n) is 12.4. The molecule has 0 atom stereocenters. The summed E-state index contributed by atoms with van der Waals surface area (Å²) in [7, 11) is 0. The van der Waals surface area contributed by atoms with Crippen LogP contribution in [0.25, 0.3) is 16.9 Å². The monoisotopic (exact) mass is 303 g/mol. The zero-order valence-corrected chi connectivity index (χ0v) is 12.4. The van der Waals surface area contributed by atoms with Crippen LogP contribution in [0.3, 0.4) is 0 Å². The maximum atomic E-state index is 11.7. The molecule has 1 fully saturated rings. The Morgan fingerprint density at radius 1 is 1.13 bits per heavy atom. The standard InChI is InChI=1S/C17H14BN3O2/c22-17(23)14-11-21(12-5-9-19-10-6-12)20-16(14)13-3-1-2-4-15(13)18-7-8-18/h1-6,9-11H,7-8H2,(H,22,23). The smallest absolute Gasteiger partial charge is 0.339 e. The van der Waals surface area contributed by atoms with Gasteiger partial charge in [0, 0.05) is 18.6 Å². The summed E-state index contributed by atoms with van der Waals surface area (Å²) >= 11 is 0. The SMILES string of the molecule is O=C(O)c1cn(-c2ccncc2)nc1-c1ccccc1B1CC1. The number of carboxylic acid groups (broad SMARTS) is 1. The van der Waals surface area contributed by atoms with Gasteiger partial charge in [0.25, 0.3) is 0 Å². The largest absolute Gasteiger partial charge is 0.478 e. The molecule has 1 aliphatic heterocycles. The molecule has 0 unspecified atom stereocenters. The Bertz CT molecular complexity index is 873. The molecule has 1 aliphatic rings. The van der Waals surface area contributed by atoms with Gasteiger partial charge in [0.15, 0.2) is 6.71 Å². The Hall–Kier alpha value is -2.89. The van der Waals surface area contributed by atoms with Gasteiger partial charge < -0.3 is 5.11 Å². The highest BCUT2D eigenvalue weighted by atomic mass is 16.4. The Labute approximate surface area is 133 Å². The van der Waals surface area contributed by atoms with Crippen molar-refractivity contribution in [2.75, 3.05) is 0 Å². The molecule has 0 radical (unpaired) electrons. The van der Waals surface area contributed by atoms with Crippen LogP contribution < -0.4 is 5.46 Å². The van der Waals surface area contributed by atoms with Crippen molar-refractivity contribution in [2.45, 2.75) is 12.6 Å². The number of aromatic nitrogens is 3. The van der Waals surface area contributed by atoms with Gasteiger partial charge in [-0.3, -0.25) is 4.98 Å². The number of hydrogen-bond donors (Lipinski definition) is 1. The Morgan fingerprint density at radius 2 is 1.87 bits per heavy atom. The molecule has 0 spiro atoms. The van der Waals surface area contributed by atoms with Crippen molar-refractivity contribution in [1.82, 2.24) is 14.8 Å². The van der Waals surface area contributed by atoms with Crippen LogP contribution in [0.2, 0.25) is 12.6 Å². The maximum absolute atomic E-state index is 11.7. The van der Waals surface area contributed by atoms with E-state index in [9.17, 15) is 9.90 Å². The molecular formula is C17H14BN3O2. The maximum Gasteiger partial charge on any atom is 0.339 e. The molecule has 0 saturated carbocycles. The van der Waals surface area contributed by atoms with E-state index in [1.165, 1.54) is 5.46 Å². The normalized spacial score (nSPS) is 13.1. The molecule has 112 valence electrons. The highest BCUT2D eigenvalue weighted by molar-refractivity contribution is 6.83. The van der Waals surface area contributed by atoms with Crippen LogP contribution in [-0.2, 0) is 0 Å². The lowest BCUT2D eigenvalue weighted by Gasteiger charge is -2.06. The first-order chi connectivity index (χ1) is 11.2. The predicted molar refractivity (Wildman–Crippen MR) is 88.8 cm³/mol. The Kier molecular flexibility index (Phi) is 3.22. The second-order valence-corrected chi connectivity index (χ2v) is 5.71. The van der Waals surface area contributed by atoms with Crippen LogP contribution in [0, 0.1) is 0 Å². The summed E-state index contributed by atoms with van der Waals surface area (Å²) in [6, 6.07) is 11.6. The third-order valence-electron chi connectivity index (χ3n) is 4.11. The first kappa shape index (κ1) is 13.8. The fraction of sp³-hybridized carbons (Fsp3) is 0.118. The molecule has 0 bridgehead atoms. The lowest BCUT2D eigenvalue weighted by molar-refractivity contribution is 0.0697. The van der Waals surface area contributed by atoms with Crippen molar-refractivity contribution >= 4 is 18.1 Å². The first-order valence-corrected chi connectivity index (χ1v) is 7.56. The van der Waals surface area contributed by atoms with Crippen LogP contribution >= 0.6 is 0 Å². The molecule has 3 heterocycles. The van der Waals surface area contributed by atoms with Crippen molar-refractivity contribution < 1.29 is 9.90 Å². The number of carboxylic acids is 1. The quantitative estimate of drug-likeness (QED) is 0.751. The van der Waals surface area contributed by atoms with Gasteiger partial charge in [0.05, 0.1) is 5.69 Å². The minimum absolute atomic E-state index is 0.218. The second-order valence-electron chi connectivity index (χ2n) is 5.71. The van der Waals surface area contributed by atoms with Crippen LogP contribution in [-0.4, -0.2) is 32.6 Å². The van der Waals surface area contributed by atoms with Crippen LogP contribution in [0.4, 0.5) is 0 Å². The van der Waals surface area contributed by atoms with Crippen molar-refractivity contribution in [3.05, 3.63) is 60.6 Å². The molecule has 5 nitrogen and oxygen atoms in total. The van der Waals surface area contributed by atoms with E-state index in [0.29, 0.717) is 12.4 Å². The van der Waals surface area contributed by atoms with Gasteiger partial charge in [-0.2, -0.15) is 5.10 Å². The van der Waals surface area contributed by atoms with E-state index in [4.69, 9.17) is 0 Å². The fourth-order valence-corrected chi connectivity index (χ4v) is 2.82. The van der Waals surface area contributed by atoms with Crippen molar-refractivity contribution in [3.8, 4) is 16.9 Å². The molecule has 1 saturated heterocycles. The molecular weight excluding hydrogens is 289 g/mol. The van der Waals surface area contributed by atoms with Gasteiger partial charge in [0.1, 0.15) is 11.3 Å². The summed E-state index contributed by atoms with van der Waals surface area (Å²) in [5.74, 6) is -0.967. The molecule has 6 heteroatoms. The van der Waals surface area contributed by atoms with Crippen molar-refractivity contribution in [1.29, 1.82) is 0 Å². The summed E-state index contributed by atoms with van der Waals surface area (Å²) in [6.07, 6.45) is 7.20. The second kappa shape index (κ2) is 5.39. The molecule has 3 aromatic rings. The number of aromatic carboxylic acids is 1. The molecule has 1 N–H and O–H groups in total. The Morgan fingerprint density at radius 3 is 2.57 bits per heavy atom. The minimum atomic E-state index is -0.967. The number of carbonyl (C=O) groups is 1. The van der Waals surface area contributed by atoms with Crippen molar-refractivity contribution in [2.24, 2.45) is 0 Å². The van der Waals surface area contributed by atoms with Gasteiger partial charge in [-0.15, -0.1) is 0 Å². The number of rotatable bonds is 4. The molecule has 2 aromatic heterocycles. The summed E-state index contributed by atoms with van der Waals surface area (Å²) < 4.78 is 1.60. The third kappa shape index (κ3) is 2.52. The highest BCUT2D eigenvalue weighted by Gasteiger charge is 2.32. The molecule has 0 amide bonds. The lowest BCUT2D eigenvalue weighted by atomic mass is 9.61. The fourth-order valence-electron chi connectivity index (χ4n) is 2.82. The van der Waals surface area contributed by atoms with E-state index in [2.05, 4.69) is 16.1 Å². The first-order valence-electron chi connectivity index (χ1n) is 7.56. The van der Waals surface area contributed by atoms with Gasteiger partial charge in [-0.1, -0.05) is 42.4 Å². The van der Waals surface area contributed by atoms with E-state index in [1.54, 1.807) is 35.4 Å². The average Bonchev–Trinajstić information content (AvgIpc) is 3.33. The minimum Gasteiger partial charge on any atom is -0.478 e. The Balaban J connectivity index is 1.88. The molecule has 23 heavy (non-hydrogen) atoms. The molecule has 1 aromatic carbocycles. The summed E-state index contributed by atoms with van der Waals surface area (Å²) in [6.45, 7) is 0.527. The van der Waals surface area contributed by atoms with E-state index in [-0.39, 0.29) is 5.56 Å². The van der Waals surface area contributed by atoms with Crippen LogP contribution in [0.5, 0.6) is 0 Å². The zero-order chi connectivity index (χ0) is 15.8. The molecule has 4 rings (SSSR count). The summed E-state index contributed by atoms with van der Waals surface area (Å²) in [5.41, 5.74) is 3.64. The van der Waals surface area contributed by atoms with Gasteiger partial charge >= 0.3 is 5.97 Å². The molecule has 0 aliphatic carbocycles. The van der Waals surface area contributed by atoms with E-state index in [0.717, 1.165) is 23.9 Å².